The minimum atomic E-state index is 0.348. The third kappa shape index (κ3) is 2.48. The van der Waals surface area contributed by atoms with E-state index in [0.29, 0.717) is 16.9 Å². The minimum absolute atomic E-state index is 0.348. The van der Waals surface area contributed by atoms with Crippen molar-refractivity contribution in [2.45, 2.75) is 44.1 Å². The first-order chi connectivity index (χ1) is 13.2. The Balaban J connectivity index is 1.35. The van der Waals surface area contributed by atoms with Crippen molar-refractivity contribution in [3.8, 4) is 11.4 Å². The Kier molecular flexibility index (Phi) is 3.08. The summed E-state index contributed by atoms with van der Waals surface area (Å²) in [7, 11) is 0. The maximum absolute atomic E-state index is 4.93. The molecule has 1 aliphatic heterocycles. The van der Waals surface area contributed by atoms with Gasteiger partial charge in [-0.3, -0.25) is 4.40 Å². The summed E-state index contributed by atoms with van der Waals surface area (Å²) in [5.41, 5.74) is 5.23. The maximum Gasteiger partial charge on any atom is 0.137 e. The van der Waals surface area contributed by atoms with Gasteiger partial charge in [-0.05, 0) is 54.9 Å². The van der Waals surface area contributed by atoms with E-state index in [1.54, 1.807) is 0 Å². The molecule has 1 spiro atoms. The van der Waals surface area contributed by atoms with Gasteiger partial charge in [-0.15, -0.1) is 0 Å². The number of imidazole rings is 1. The van der Waals surface area contributed by atoms with E-state index in [-0.39, 0.29) is 0 Å². The van der Waals surface area contributed by atoms with E-state index in [4.69, 9.17) is 4.98 Å². The number of aromatic nitrogens is 3. The fourth-order valence-corrected chi connectivity index (χ4v) is 4.53. The number of nitrogens with zero attached hydrogens (tertiary/aromatic N) is 3. The average Bonchev–Trinajstić information content (AvgIpc) is 3.54. The molecule has 2 aliphatic carbocycles. The summed E-state index contributed by atoms with van der Waals surface area (Å²) >= 11 is 0. The third-order valence-corrected chi connectivity index (χ3v) is 6.99. The van der Waals surface area contributed by atoms with Crippen LogP contribution in [0.2, 0.25) is 0 Å². The molecule has 5 nitrogen and oxygen atoms in total. The van der Waals surface area contributed by atoms with Gasteiger partial charge in [-0.25, -0.2) is 9.97 Å². The molecule has 0 unspecified atom stereocenters. The van der Waals surface area contributed by atoms with Crippen LogP contribution < -0.4 is 10.6 Å². The molecule has 3 aromatic heterocycles. The van der Waals surface area contributed by atoms with Gasteiger partial charge in [0, 0.05) is 30.7 Å². The number of hydrogen-bond donors (Lipinski definition) is 2. The average molecular weight is 359 g/mol. The molecule has 3 aliphatic rings. The van der Waals surface area contributed by atoms with Crippen LogP contribution >= 0.6 is 0 Å². The molecule has 0 amide bonds. The summed E-state index contributed by atoms with van der Waals surface area (Å²) in [5.74, 6) is 0.965. The van der Waals surface area contributed by atoms with Crippen LogP contribution in [0.3, 0.4) is 0 Å². The highest BCUT2D eigenvalue weighted by atomic mass is 15.1. The highest BCUT2D eigenvalue weighted by Crippen LogP contribution is 2.51. The Morgan fingerprint density at radius 2 is 2.04 bits per heavy atom. The summed E-state index contributed by atoms with van der Waals surface area (Å²) in [4.78, 5) is 9.53. The lowest BCUT2D eigenvalue weighted by Gasteiger charge is -2.19. The summed E-state index contributed by atoms with van der Waals surface area (Å²) < 4.78 is 2.20. The summed E-state index contributed by atoms with van der Waals surface area (Å²) in [6.07, 6.45) is 9.40. The van der Waals surface area contributed by atoms with E-state index in [1.165, 1.54) is 31.2 Å². The summed E-state index contributed by atoms with van der Waals surface area (Å²) in [5, 5.41) is 7.22. The van der Waals surface area contributed by atoms with Crippen LogP contribution in [0.25, 0.3) is 17.0 Å². The van der Waals surface area contributed by atoms with E-state index in [1.807, 2.05) is 6.20 Å². The maximum atomic E-state index is 4.93. The van der Waals surface area contributed by atoms with Crippen molar-refractivity contribution >= 4 is 11.5 Å². The van der Waals surface area contributed by atoms with Crippen molar-refractivity contribution in [3.63, 3.8) is 0 Å². The van der Waals surface area contributed by atoms with Gasteiger partial charge in [0.25, 0.3) is 0 Å². The molecule has 5 heteroatoms. The van der Waals surface area contributed by atoms with Gasteiger partial charge in [-0.2, -0.15) is 0 Å². The van der Waals surface area contributed by atoms with E-state index in [9.17, 15) is 0 Å². The molecule has 0 aromatic carbocycles. The summed E-state index contributed by atoms with van der Waals surface area (Å²) in [6.45, 7) is 4.51. The zero-order chi connectivity index (χ0) is 18.1. The van der Waals surface area contributed by atoms with Crippen LogP contribution in [0.5, 0.6) is 0 Å². The lowest BCUT2D eigenvalue weighted by Crippen LogP contribution is -2.29. The highest BCUT2D eigenvalue weighted by molar-refractivity contribution is 5.62. The molecule has 2 N–H and O–H groups in total. The molecular weight excluding hydrogens is 334 g/mol. The molecule has 2 saturated carbocycles. The number of pyridine rings is 2. The topological polar surface area (TPSA) is 54.2 Å². The van der Waals surface area contributed by atoms with E-state index >= 15 is 0 Å². The molecule has 0 radical (unpaired) electrons. The second-order valence-corrected chi connectivity index (χ2v) is 8.95. The SMILES string of the molecule is CC1(c2ccc3ncc(-c4cccc(N[C@H]5CNCC56CC6)n4)n3c2)CC1. The van der Waals surface area contributed by atoms with Crippen molar-refractivity contribution in [2.75, 3.05) is 18.4 Å². The van der Waals surface area contributed by atoms with Crippen molar-refractivity contribution in [3.05, 3.63) is 48.3 Å². The molecule has 6 rings (SSSR count). The highest BCUT2D eigenvalue weighted by Gasteiger charge is 2.52. The quantitative estimate of drug-likeness (QED) is 0.747. The van der Waals surface area contributed by atoms with Gasteiger partial charge in [0.15, 0.2) is 0 Å². The predicted octanol–water partition coefficient (Wildman–Crippen LogP) is 3.61. The van der Waals surface area contributed by atoms with Gasteiger partial charge < -0.3 is 10.6 Å². The van der Waals surface area contributed by atoms with Crippen LogP contribution in [0.4, 0.5) is 5.82 Å². The van der Waals surface area contributed by atoms with Gasteiger partial charge in [-0.1, -0.05) is 19.1 Å². The molecule has 3 fully saturated rings. The standard InChI is InChI=1S/C22H25N5/c1-21(7-8-21)15-5-6-20-24-11-17(27(20)13-15)16-3-2-4-19(25-16)26-18-12-23-14-22(18)9-10-22/h2-6,11,13,18,23H,7-10,12,14H2,1H3,(H,25,26)/t18-/m0/s1. The zero-order valence-electron chi connectivity index (χ0n) is 15.7. The minimum Gasteiger partial charge on any atom is -0.365 e. The summed E-state index contributed by atoms with van der Waals surface area (Å²) in [6, 6.07) is 11.1. The number of anilines is 1. The molecule has 27 heavy (non-hydrogen) atoms. The first-order valence-corrected chi connectivity index (χ1v) is 10.1. The van der Waals surface area contributed by atoms with E-state index in [2.05, 4.69) is 63.5 Å². The molecule has 4 heterocycles. The van der Waals surface area contributed by atoms with Crippen molar-refractivity contribution in [1.29, 1.82) is 0 Å². The van der Waals surface area contributed by atoms with Crippen molar-refractivity contribution in [1.82, 2.24) is 19.7 Å². The molecule has 138 valence electrons. The third-order valence-electron chi connectivity index (χ3n) is 6.99. The number of nitrogens with one attached hydrogen (secondary N) is 2. The number of rotatable bonds is 4. The Labute approximate surface area is 159 Å². The van der Waals surface area contributed by atoms with Crippen molar-refractivity contribution < 1.29 is 0 Å². The van der Waals surface area contributed by atoms with Gasteiger partial charge >= 0.3 is 0 Å². The largest absolute Gasteiger partial charge is 0.365 e. The molecule has 3 aromatic rings. The van der Waals surface area contributed by atoms with Gasteiger partial charge in [0.1, 0.15) is 11.5 Å². The van der Waals surface area contributed by atoms with Gasteiger partial charge in [0.2, 0.25) is 0 Å². The Hall–Kier alpha value is -2.40. The molecule has 0 bridgehead atoms. The predicted molar refractivity (Wildman–Crippen MR) is 107 cm³/mol. The van der Waals surface area contributed by atoms with E-state index < -0.39 is 0 Å². The zero-order valence-corrected chi connectivity index (χ0v) is 15.7. The second kappa shape index (κ2) is 5.32. The first kappa shape index (κ1) is 15.6. The molecule has 1 saturated heterocycles. The number of hydrogen-bond acceptors (Lipinski definition) is 4. The fourth-order valence-electron chi connectivity index (χ4n) is 4.53. The first-order valence-electron chi connectivity index (χ1n) is 10.1. The Morgan fingerprint density at radius 1 is 1.15 bits per heavy atom. The van der Waals surface area contributed by atoms with Crippen LogP contribution in [0.15, 0.2) is 42.7 Å². The molecular formula is C22H25N5. The van der Waals surface area contributed by atoms with Crippen LogP contribution in [0.1, 0.15) is 38.2 Å². The van der Waals surface area contributed by atoms with Crippen LogP contribution in [-0.2, 0) is 5.41 Å². The van der Waals surface area contributed by atoms with E-state index in [0.717, 1.165) is 35.9 Å². The second-order valence-electron chi connectivity index (χ2n) is 8.95. The van der Waals surface area contributed by atoms with Crippen molar-refractivity contribution in [2.24, 2.45) is 5.41 Å². The smallest absolute Gasteiger partial charge is 0.137 e. The fraction of sp³-hybridized carbons (Fsp3) is 0.455. The Morgan fingerprint density at radius 3 is 2.85 bits per heavy atom. The monoisotopic (exact) mass is 359 g/mol. The van der Waals surface area contributed by atoms with Gasteiger partial charge in [0.05, 0.1) is 17.6 Å². The van der Waals surface area contributed by atoms with Crippen LogP contribution in [0, 0.1) is 5.41 Å². The van der Waals surface area contributed by atoms with Crippen LogP contribution in [-0.4, -0.2) is 33.5 Å². The molecule has 1 atom stereocenters. The lowest BCUT2D eigenvalue weighted by molar-refractivity contribution is 0.523. The normalized spacial score (nSPS) is 24.4. The lowest BCUT2D eigenvalue weighted by atomic mass is 10.0. The number of fused-ring (bicyclic) bond motifs is 1. The Bertz CT molecular complexity index is 1030.